The van der Waals surface area contributed by atoms with Gasteiger partial charge in [0.1, 0.15) is 17.2 Å². The van der Waals surface area contributed by atoms with Crippen molar-refractivity contribution in [1.29, 1.82) is 4.78 Å². The third-order valence-electron chi connectivity index (χ3n) is 6.06. The molecule has 35 heavy (non-hydrogen) atoms. The van der Waals surface area contributed by atoms with E-state index in [0.717, 1.165) is 0 Å². The number of rotatable bonds is 5. The van der Waals surface area contributed by atoms with Gasteiger partial charge in [-0.3, -0.25) is 0 Å². The lowest BCUT2D eigenvalue weighted by molar-refractivity contribution is -0.0506. The van der Waals surface area contributed by atoms with Crippen molar-refractivity contribution in [2.24, 2.45) is 0 Å². The largest absolute Gasteiger partial charge is 0.435 e. The first-order valence-corrected chi connectivity index (χ1v) is 12.9. The standard InChI is InChI=1S/C24H19ClF3N3O3S/c1-35(29,33)14-5-2-12(3-6-14)17-11-31-21(10-18(17)26)30-22-19(32)9-16(23(22)31)15-8-13(25)4-7-20(15)34-24(27)28/h2-8,10-11,16,19,24,29,32H,9H2,1H3/t16-,19-,35?/m1/s1. The number of imidazole rings is 1. The minimum atomic E-state index is -3.05. The summed E-state index contributed by atoms with van der Waals surface area (Å²) in [6.07, 6.45) is 2.00. The number of hydrogen-bond donors (Lipinski definition) is 2. The average molecular weight is 522 g/mol. The normalized spacial score (nSPS) is 19.2. The Kier molecular flexibility index (Phi) is 5.77. The Bertz CT molecular complexity index is 1560. The molecule has 0 saturated carbocycles. The number of fused-ring (bicyclic) bond motifs is 3. The van der Waals surface area contributed by atoms with E-state index < -0.39 is 34.2 Å². The number of aliphatic hydroxyl groups excluding tert-OH is 1. The minimum absolute atomic E-state index is 0.0686. The Balaban J connectivity index is 1.67. The van der Waals surface area contributed by atoms with Crippen LogP contribution in [0.15, 0.2) is 59.6 Å². The zero-order valence-electron chi connectivity index (χ0n) is 18.2. The number of ether oxygens (including phenoxy) is 1. The van der Waals surface area contributed by atoms with Crippen LogP contribution in [0.4, 0.5) is 13.2 Å². The van der Waals surface area contributed by atoms with Gasteiger partial charge in [0.25, 0.3) is 0 Å². The summed E-state index contributed by atoms with van der Waals surface area (Å²) < 4.78 is 67.2. The second-order valence-corrected chi connectivity index (χ2v) is 11.0. The SMILES string of the molecule is CS(=N)(=O)c1ccc(-c2cn3c4c(nc3cc2F)[C@H](O)C[C@@H]4c2cc(Cl)ccc2OC(F)F)cc1. The van der Waals surface area contributed by atoms with Crippen LogP contribution in [0, 0.1) is 10.6 Å². The molecular weight excluding hydrogens is 503 g/mol. The molecule has 4 aromatic rings. The van der Waals surface area contributed by atoms with Gasteiger partial charge in [-0.1, -0.05) is 23.7 Å². The Labute approximate surface area is 203 Å². The molecule has 182 valence electrons. The molecule has 3 atom stereocenters. The summed E-state index contributed by atoms with van der Waals surface area (Å²) in [6.45, 7) is -3.05. The van der Waals surface area contributed by atoms with Crippen LogP contribution >= 0.6 is 11.6 Å². The van der Waals surface area contributed by atoms with Crippen LogP contribution in [0.3, 0.4) is 0 Å². The van der Waals surface area contributed by atoms with E-state index in [1.54, 1.807) is 16.5 Å². The Morgan fingerprint density at radius 2 is 1.94 bits per heavy atom. The summed E-state index contributed by atoms with van der Waals surface area (Å²) >= 11 is 6.15. The van der Waals surface area contributed by atoms with E-state index in [1.807, 2.05) is 0 Å². The summed E-state index contributed by atoms with van der Waals surface area (Å²) in [5.41, 5.74) is 2.16. The number of aromatic nitrogens is 2. The van der Waals surface area contributed by atoms with Gasteiger partial charge < -0.3 is 14.2 Å². The number of nitrogens with one attached hydrogen (secondary N) is 1. The Hall–Kier alpha value is -3.08. The van der Waals surface area contributed by atoms with Crippen molar-refractivity contribution in [3.8, 4) is 16.9 Å². The number of pyridine rings is 1. The van der Waals surface area contributed by atoms with E-state index in [2.05, 4.69) is 4.98 Å². The lowest BCUT2D eigenvalue weighted by Crippen LogP contribution is -2.09. The number of benzene rings is 2. The molecule has 0 radical (unpaired) electrons. The molecule has 0 saturated heterocycles. The lowest BCUT2D eigenvalue weighted by atomic mass is 9.95. The first-order chi connectivity index (χ1) is 16.5. The summed E-state index contributed by atoms with van der Waals surface area (Å²) in [4.78, 5) is 4.71. The van der Waals surface area contributed by atoms with Gasteiger partial charge in [-0.05, 0) is 42.3 Å². The van der Waals surface area contributed by atoms with Crippen molar-refractivity contribution in [2.75, 3.05) is 6.26 Å². The third-order valence-corrected chi connectivity index (χ3v) is 7.47. The molecule has 0 fully saturated rings. The van der Waals surface area contributed by atoms with E-state index >= 15 is 4.39 Å². The van der Waals surface area contributed by atoms with Crippen LogP contribution in [0.1, 0.15) is 35.4 Å². The van der Waals surface area contributed by atoms with Crippen LogP contribution in [-0.2, 0) is 9.73 Å². The fourth-order valence-electron chi connectivity index (χ4n) is 4.51. The fraction of sp³-hybridized carbons (Fsp3) is 0.208. The first kappa shape index (κ1) is 23.7. The van der Waals surface area contributed by atoms with Gasteiger partial charge in [0.2, 0.25) is 0 Å². The molecule has 5 rings (SSSR count). The molecule has 2 N–H and O–H groups in total. The molecule has 1 aliphatic rings. The highest BCUT2D eigenvalue weighted by Gasteiger charge is 2.38. The smallest absolute Gasteiger partial charge is 0.387 e. The molecule has 0 aliphatic heterocycles. The summed E-state index contributed by atoms with van der Waals surface area (Å²) in [5, 5.41) is 11.0. The number of hydrogen-bond acceptors (Lipinski definition) is 5. The van der Waals surface area contributed by atoms with E-state index in [1.165, 1.54) is 48.9 Å². The molecular formula is C24H19ClF3N3O3S. The van der Waals surface area contributed by atoms with Crippen molar-refractivity contribution in [3.63, 3.8) is 0 Å². The lowest BCUT2D eigenvalue weighted by Gasteiger charge is -2.18. The first-order valence-electron chi connectivity index (χ1n) is 10.5. The monoisotopic (exact) mass is 521 g/mol. The van der Waals surface area contributed by atoms with Gasteiger partial charge in [-0.15, -0.1) is 0 Å². The number of halogens is 4. The zero-order chi connectivity index (χ0) is 25.1. The van der Waals surface area contributed by atoms with Crippen molar-refractivity contribution in [3.05, 3.63) is 82.5 Å². The maximum absolute atomic E-state index is 15.1. The highest BCUT2D eigenvalue weighted by molar-refractivity contribution is 7.91. The van der Waals surface area contributed by atoms with E-state index in [4.69, 9.17) is 21.1 Å². The summed E-state index contributed by atoms with van der Waals surface area (Å²) in [5.74, 6) is -1.22. The third kappa shape index (κ3) is 4.26. The van der Waals surface area contributed by atoms with E-state index in [-0.39, 0.29) is 23.4 Å². The van der Waals surface area contributed by atoms with Gasteiger partial charge >= 0.3 is 6.61 Å². The fourth-order valence-corrected chi connectivity index (χ4v) is 5.35. The van der Waals surface area contributed by atoms with Gasteiger partial charge in [0, 0.05) is 45.5 Å². The average Bonchev–Trinajstić information content (AvgIpc) is 3.30. The van der Waals surface area contributed by atoms with Crippen LogP contribution in [-0.4, -0.2) is 31.6 Å². The predicted octanol–water partition coefficient (Wildman–Crippen LogP) is 6.00. The number of alkyl halides is 2. The molecule has 0 amide bonds. The maximum Gasteiger partial charge on any atom is 0.387 e. The Morgan fingerprint density at radius 3 is 2.60 bits per heavy atom. The quantitative estimate of drug-likeness (QED) is 0.337. The minimum Gasteiger partial charge on any atom is -0.435 e. The van der Waals surface area contributed by atoms with Crippen LogP contribution in [0.5, 0.6) is 5.75 Å². The van der Waals surface area contributed by atoms with Gasteiger partial charge in [0.15, 0.2) is 0 Å². The molecule has 1 unspecified atom stereocenters. The maximum atomic E-state index is 15.1. The van der Waals surface area contributed by atoms with Crippen molar-refractivity contribution in [1.82, 2.24) is 9.38 Å². The highest BCUT2D eigenvalue weighted by atomic mass is 35.5. The summed E-state index contributed by atoms with van der Waals surface area (Å²) in [6, 6.07) is 11.7. The number of nitrogens with zero attached hydrogens (tertiary/aromatic N) is 2. The zero-order valence-corrected chi connectivity index (χ0v) is 19.8. The van der Waals surface area contributed by atoms with Crippen LogP contribution in [0.2, 0.25) is 5.02 Å². The van der Waals surface area contributed by atoms with E-state index in [0.29, 0.717) is 32.4 Å². The molecule has 2 aromatic heterocycles. The summed E-state index contributed by atoms with van der Waals surface area (Å²) in [7, 11) is -2.92. The van der Waals surface area contributed by atoms with Crippen molar-refractivity contribution < 1.29 is 27.2 Å². The molecule has 2 aromatic carbocycles. The second kappa shape index (κ2) is 8.54. The van der Waals surface area contributed by atoms with Gasteiger partial charge in [0.05, 0.1) is 27.2 Å². The molecule has 0 bridgehead atoms. The highest BCUT2D eigenvalue weighted by Crippen LogP contribution is 2.47. The molecule has 6 nitrogen and oxygen atoms in total. The molecule has 11 heteroatoms. The predicted molar refractivity (Wildman–Crippen MR) is 125 cm³/mol. The number of aliphatic hydroxyl groups is 1. The van der Waals surface area contributed by atoms with Gasteiger partial charge in [-0.2, -0.15) is 8.78 Å². The van der Waals surface area contributed by atoms with E-state index in [9.17, 15) is 18.1 Å². The molecule has 0 spiro atoms. The van der Waals surface area contributed by atoms with Gasteiger partial charge in [-0.25, -0.2) is 18.4 Å². The van der Waals surface area contributed by atoms with Crippen molar-refractivity contribution >= 4 is 27.0 Å². The molecule has 1 aliphatic carbocycles. The van der Waals surface area contributed by atoms with Crippen molar-refractivity contribution in [2.45, 2.75) is 29.9 Å². The molecule has 2 heterocycles. The second-order valence-electron chi connectivity index (χ2n) is 8.38. The van der Waals surface area contributed by atoms with Crippen LogP contribution in [0.25, 0.3) is 16.8 Å². The Morgan fingerprint density at radius 1 is 1.23 bits per heavy atom. The van der Waals surface area contributed by atoms with Crippen LogP contribution < -0.4 is 4.74 Å². The topological polar surface area (TPSA) is 87.7 Å².